The lowest BCUT2D eigenvalue weighted by molar-refractivity contribution is 0.669. The van der Waals surface area contributed by atoms with Crippen LogP contribution in [0.4, 0.5) is 0 Å². The predicted molar refractivity (Wildman–Crippen MR) is 86.5 cm³/mol. The van der Waals surface area contributed by atoms with Crippen LogP contribution in [-0.4, -0.2) is 4.98 Å². The maximum Gasteiger partial charge on any atom is 0.136 e. The number of rotatable bonds is 0. The molecule has 2 heteroatoms. The molecule has 0 N–H and O–H groups in total. The Kier molecular flexibility index (Phi) is 1.98. The molecule has 0 unspecified atom stereocenters. The lowest BCUT2D eigenvalue weighted by atomic mass is 10.0. The molecule has 0 aliphatic heterocycles. The number of furan rings is 1. The van der Waals surface area contributed by atoms with E-state index in [1.54, 1.807) is 0 Å². The van der Waals surface area contributed by atoms with E-state index in [9.17, 15) is 0 Å². The zero-order valence-electron chi connectivity index (χ0n) is 11.2. The number of hydrogen-bond acceptors (Lipinski definition) is 2. The summed E-state index contributed by atoms with van der Waals surface area (Å²) in [7, 11) is 0. The number of para-hydroxylation sites is 1. The summed E-state index contributed by atoms with van der Waals surface area (Å²) >= 11 is 0. The minimum Gasteiger partial charge on any atom is -0.456 e. The highest BCUT2D eigenvalue weighted by Crippen LogP contribution is 2.34. The lowest BCUT2D eigenvalue weighted by Gasteiger charge is -2.02. The topological polar surface area (TPSA) is 26.0 Å². The van der Waals surface area contributed by atoms with Crippen LogP contribution in [-0.2, 0) is 0 Å². The first kappa shape index (κ1) is 10.9. The van der Waals surface area contributed by atoms with E-state index in [0.717, 1.165) is 38.2 Å². The van der Waals surface area contributed by atoms with Gasteiger partial charge in [0.05, 0.1) is 5.52 Å². The van der Waals surface area contributed by atoms with Crippen molar-refractivity contribution in [2.45, 2.75) is 0 Å². The van der Waals surface area contributed by atoms with E-state index >= 15 is 0 Å². The molecule has 21 heavy (non-hydrogen) atoms. The van der Waals surface area contributed by atoms with Gasteiger partial charge in [0.1, 0.15) is 11.2 Å². The third-order valence-electron chi connectivity index (χ3n) is 4.09. The maximum absolute atomic E-state index is 5.98. The Morgan fingerprint density at radius 2 is 1.57 bits per heavy atom. The molecule has 2 aromatic heterocycles. The molecule has 0 saturated heterocycles. The van der Waals surface area contributed by atoms with Crippen LogP contribution in [0.3, 0.4) is 0 Å². The number of fused-ring (bicyclic) bond motifs is 6. The summed E-state index contributed by atoms with van der Waals surface area (Å²) in [5, 5.41) is 5.81. The minimum absolute atomic E-state index is 0.918. The molecule has 5 rings (SSSR count). The van der Waals surface area contributed by atoms with Crippen LogP contribution < -0.4 is 0 Å². The van der Waals surface area contributed by atoms with Crippen molar-refractivity contribution >= 4 is 43.6 Å². The fourth-order valence-electron chi connectivity index (χ4n) is 3.09. The molecule has 0 bridgehead atoms. The third kappa shape index (κ3) is 1.44. The van der Waals surface area contributed by atoms with E-state index in [1.165, 1.54) is 5.39 Å². The van der Waals surface area contributed by atoms with Crippen molar-refractivity contribution in [3.63, 3.8) is 0 Å². The first-order chi connectivity index (χ1) is 10.4. The second kappa shape index (κ2) is 3.83. The summed E-state index contributed by atoms with van der Waals surface area (Å²) in [6, 6.07) is 20.8. The second-order valence-electron chi connectivity index (χ2n) is 5.31. The van der Waals surface area contributed by atoms with Crippen molar-refractivity contribution in [1.82, 2.24) is 4.98 Å². The summed E-state index contributed by atoms with van der Waals surface area (Å²) in [5.41, 5.74) is 2.87. The molecule has 0 amide bonds. The van der Waals surface area contributed by atoms with Crippen LogP contribution >= 0.6 is 0 Å². The smallest absolute Gasteiger partial charge is 0.136 e. The SMILES string of the molecule is c1cnc2c(c1)ccc1cc3c(cc12)oc1ccccc13. The van der Waals surface area contributed by atoms with E-state index in [0.29, 0.717) is 0 Å². The van der Waals surface area contributed by atoms with Gasteiger partial charge in [-0.15, -0.1) is 0 Å². The van der Waals surface area contributed by atoms with Crippen LogP contribution in [0.1, 0.15) is 0 Å². The molecular weight excluding hydrogens is 258 g/mol. The maximum atomic E-state index is 5.98. The number of hydrogen-bond donors (Lipinski definition) is 0. The molecule has 0 radical (unpaired) electrons. The molecule has 0 fully saturated rings. The van der Waals surface area contributed by atoms with Gasteiger partial charge in [-0.3, -0.25) is 4.98 Å². The summed E-state index contributed by atoms with van der Waals surface area (Å²) in [4.78, 5) is 4.53. The van der Waals surface area contributed by atoms with E-state index in [2.05, 4.69) is 41.4 Å². The summed E-state index contributed by atoms with van der Waals surface area (Å²) in [5.74, 6) is 0. The van der Waals surface area contributed by atoms with Gasteiger partial charge >= 0.3 is 0 Å². The summed E-state index contributed by atoms with van der Waals surface area (Å²) in [6.07, 6.45) is 1.84. The average Bonchev–Trinajstić information content (AvgIpc) is 2.90. The Labute approximate surface area is 120 Å². The van der Waals surface area contributed by atoms with E-state index in [-0.39, 0.29) is 0 Å². The highest BCUT2D eigenvalue weighted by Gasteiger charge is 2.09. The Balaban J connectivity index is 2.04. The normalized spacial score (nSPS) is 11.8. The Hall–Kier alpha value is -2.87. The monoisotopic (exact) mass is 269 g/mol. The van der Waals surface area contributed by atoms with Crippen LogP contribution in [0.5, 0.6) is 0 Å². The third-order valence-corrected chi connectivity index (χ3v) is 4.09. The average molecular weight is 269 g/mol. The van der Waals surface area contributed by atoms with Crippen molar-refractivity contribution in [3.05, 3.63) is 66.9 Å². The Bertz CT molecular complexity index is 1140. The minimum atomic E-state index is 0.918. The quantitative estimate of drug-likeness (QED) is 0.357. The van der Waals surface area contributed by atoms with Gasteiger partial charge in [0, 0.05) is 27.7 Å². The molecule has 3 aromatic carbocycles. The first-order valence-electron chi connectivity index (χ1n) is 6.99. The van der Waals surface area contributed by atoms with E-state index < -0.39 is 0 Å². The Morgan fingerprint density at radius 1 is 0.667 bits per heavy atom. The number of aromatic nitrogens is 1. The molecule has 2 heterocycles. The van der Waals surface area contributed by atoms with Gasteiger partial charge in [0.2, 0.25) is 0 Å². The summed E-state index contributed by atoms with van der Waals surface area (Å²) < 4.78 is 5.98. The molecule has 0 spiro atoms. The highest BCUT2D eigenvalue weighted by molar-refractivity contribution is 6.14. The van der Waals surface area contributed by atoms with Crippen LogP contribution in [0, 0.1) is 0 Å². The number of nitrogens with zero attached hydrogens (tertiary/aromatic N) is 1. The van der Waals surface area contributed by atoms with Crippen LogP contribution in [0.15, 0.2) is 71.3 Å². The fourth-order valence-corrected chi connectivity index (χ4v) is 3.09. The molecule has 0 aliphatic rings. The molecule has 0 saturated carbocycles. The molecule has 5 aromatic rings. The second-order valence-corrected chi connectivity index (χ2v) is 5.31. The molecule has 2 nitrogen and oxygen atoms in total. The zero-order chi connectivity index (χ0) is 13.8. The van der Waals surface area contributed by atoms with Crippen molar-refractivity contribution in [2.24, 2.45) is 0 Å². The highest BCUT2D eigenvalue weighted by atomic mass is 16.3. The number of benzene rings is 3. The van der Waals surface area contributed by atoms with Gasteiger partial charge in [0.25, 0.3) is 0 Å². The van der Waals surface area contributed by atoms with Gasteiger partial charge in [-0.1, -0.05) is 36.4 Å². The molecule has 98 valence electrons. The fraction of sp³-hybridized carbons (Fsp3) is 0. The van der Waals surface area contributed by atoms with Crippen molar-refractivity contribution in [2.75, 3.05) is 0 Å². The van der Waals surface area contributed by atoms with Gasteiger partial charge in [-0.25, -0.2) is 0 Å². The largest absolute Gasteiger partial charge is 0.456 e. The molecule has 0 atom stereocenters. The van der Waals surface area contributed by atoms with Gasteiger partial charge in [-0.05, 0) is 29.7 Å². The summed E-state index contributed by atoms with van der Waals surface area (Å²) in [6.45, 7) is 0. The van der Waals surface area contributed by atoms with Crippen LogP contribution in [0.2, 0.25) is 0 Å². The zero-order valence-corrected chi connectivity index (χ0v) is 11.2. The standard InChI is InChI=1S/C19H11NO/c1-2-6-17-14(5-1)16-10-13-8-7-12-4-3-9-20-19(12)15(13)11-18(16)21-17/h1-11H. The predicted octanol–water partition coefficient (Wildman–Crippen LogP) is 5.29. The lowest BCUT2D eigenvalue weighted by Crippen LogP contribution is -1.81. The van der Waals surface area contributed by atoms with Crippen LogP contribution in [0.25, 0.3) is 43.6 Å². The van der Waals surface area contributed by atoms with Gasteiger partial charge in [-0.2, -0.15) is 0 Å². The number of pyridine rings is 1. The van der Waals surface area contributed by atoms with Crippen molar-refractivity contribution in [1.29, 1.82) is 0 Å². The van der Waals surface area contributed by atoms with Crippen molar-refractivity contribution in [3.8, 4) is 0 Å². The molecular formula is C19H11NO. The molecule has 0 aliphatic carbocycles. The Morgan fingerprint density at radius 3 is 2.57 bits per heavy atom. The van der Waals surface area contributed by atoms with Gasteiger partial charge in [0.15, 0.2) is 0 Å². The van der Waals surface area contributed by atoms with Crippen molar-refractivity contribution < 1.29 is 4.42 Å². The first-order valence-corrected chi connectivity index (χ1v) is 6.99. The van der Waals surface area contributed by atoms with E-state index in [4.69, 9.17) is 4.42 Å². The van der Waals surface area contributed by atoms with E-state index in [1.807, 2.05) is 30.5 Å². The van der Waals surface area contributed by atoms with Gasteiger partial charge < -0.3 is 4.42 Å².